The molecule has 0 aliphatic carbocycles. The van der Waals surface area contributed by atoms with E-state index in [1.165, 1.54) is 0 Å². The molecule has 1 aromatic heterocycles. The van der Waals surface area contributed by atoms with Crippen molar-refractivity contribution >= 4 is 51.5 Å². The third-order valence-electron chi connectivity index (χ3n) is 2.31. The van der Waals surface area contributed by atoms with Crippen molar-refractivity contribution in [1.82, 2.24) is 4.98 Å². The number of pyridine rings is 1. The maximum atomic E-state index is 11.5. The predicted octanol–water partition coefficient (Wildman–Crippen LogP) is 3.72. The fourth-order valence-corrected chi connectivity index (χ4v) is 1.67. The monoisotopic (exact) mass is 287 g/mol. The van der Waals surface area contributed by atoms with Crippen molar-refractivity contribution in [3.63, 3.8) is 0 Å². The number of ketones is 1. The Labute approximate surface area is 113 Å². The number of alkyl halides is 3. The van der Waals surface area contributed by atoms with E-state index >= 15 is 0 Å². The fourth-order valence-electron chi connectivity index (χ4n) is 1.47. The summed E-state index contributed by atoms with van der Waals surface area (Å²) >= 11 is 16.5. The van der Waals surface area contributed by atoms with E-state index in [9.17, 15) is 4.79 Å². The number of benzene rings is 1. The number of para-hydroxylation sites is 1. The van der Waals surface area contributed by atoms with Gasteiger partial charge in [0.25, 0.3) is 0 Å². The number of hydrogen-bond acceptors (Lipinski definition) is 2. The maximum absolute atomic E-state index is 11.5. The van der Waals surface area contributed by atoms with Gasteiger partial charge in [0.05, 0.1) is 11.9 Å². The van der Waals surface area contributed by atoms with Crippen LogP contribution in [0, 0.1) is 0 Å². The SMILES string of the molecule is O=C(Cc1ccc2ccccc2n1)C(Cl)(Cl)Cl. The van der Waals surface area contributed by atoms with Crippen LogP contribution >= 0.6 is 34.8 Å². The Balaban J connectivity index is 2.29. The summed E-state index contributed by atoms with van der Waals surface area (Å²) in [7, 11) is 0. The van der Waals surface area contributed by atoms with Gasteiger partial charge in [-0.25, -0.2) is 0 Å². The first kappa shape index (κ1) is 12.6. The largest absolute Gasteiger partial charge is 0.294 e. The Bertz CT molecular complexity index is 563. The molecule has 1 aromatic carbocycles. The average molecular weight is 289 g/mol. The molecule has 0 radical (unpaired) electrons. The van der Waals surface area contributed by atoms with E-state index in [4.69, 9.17) is 34.8 Å². The van der Waals surface area contributed by atoms with Crippen molar-refractivity contribution in [1.29, 1.82) is 0 Å². The molecule has 0 aliphatic heterocycles. The van der Waals surface area contributed by atoms with Crippen LogP contribution in [0.4, 0.5) is 0 Å². The van der Waals surface area contributed by atoms with Gasteiger partial charge >= 0.3 is 0 Å². The van der Waals surface area contributed by atoms with E-state index < -0.39 is 9.58 Å². The fraction of sp³-hybridized carbons (Fsp3) is 0.167. The Kier molecular flexibility index (Phi) is 3.57. The second-order valence-corrected chi connectivity index (χ2v) is 5.87. The molecule has 0 aliphatic rings. The van der Waals surface area contributed by atoms with Crippen LogP contribution in [0.15, 0.2) is 36.4 Å². The summed E-state index contributed by atoms with van der Waals surface area (Å²) in [6.45, 7) is 0. The van der Waals surface area contributed by atoms with Gasteiger partial charge in [-0.15, -0.1) is 0 Å². The molecule has 0 spiro atoms. The molecule has 17 heavy (non-hydrogen) atoms. The molecule has 0 bridgehead atoms. The van der Waals surface area contributed by atoms with Crippen molar-refractivity contribution in [2.75, 3.05) is 0 Å². The second kappa shape index (κ2) is 4.81. The van der Waals surface area contributed by atoms with E-state index in [1.54, 1.807) is 6.07 Å². The van der Waals surface area contributed by atoms with Crippen molar-refractivity contribution < 1.29 is 4.79 Å². The minimum Gasteiger partial charge on any atom is -0.294 e. The van der Waals surface area contributed by atoms with Gasteiger partial charge in [0, 0.05) is 11.1 Å². The van der Waals surface area contributed by atoms with Crippen molar-refractivity contribution in [2.45, 2.75) is 10.2 Å². The summed E-state index contributed by atoms with van der Waals surface area (Å²) in [5.41, 5.74) is 1.42. The van der Waals surface area contributed by atoms with E-state index in [1.807, 2.05) is 30.3 Å². The Morgan fingerprint density at radius 3 is 2.53 bits per heavy atom. The summed E-state index contributed by atoms with van der Waals surface area (Å²) in [4.78, 5) is 15.9. The van der Waals surface area contributed by atoms with E-state index in [0.717, 1.165) is 10.9 Å². The lowest BCUT2D eigenvalue weighted by molar-refractivity contribution is -0.117. The van der Waals surface area contributed by atoms with Crippen LogP contribution in [0.2, 0.25) is 0 Å². The van der Waals surface area contributed by atoms with Crippen LogP contribution in [-0.4, -0.2) is 14.6 Å². The first-order chi connectivity index (χ1) is 7.97. The minimum atomic E-state index is -1.88. The first-order valence-electron chi connectivity index (χ1n) is 4.91. The molecule has 0 saturated carbocycles. The van der Waals surface area contributed by atoms with Gasteiger partial charge in [0.2, 0.25) is 3.79 Å². The first-order valence-corrected chi connectivity index (χ1v) is 6.05. The van der Waals surface area contributed by atoms with Gasteiger partial charge in [-0.1, -0.05) is 59.1 Å². The molecular formula is C12H8Cl3NO. The van der Waals surface area contributed by atoms with Gasteiger partial charge in [0.1, 0.15) is 0 Å². The molecule has 5 heteroatoms. The third kappa shape index (κ3) is 3.09. The quantitative estimate of drug-likeness (QED) is 0.788. The highest BCUT2D eigenvalue weighted by atomic mass is 35.6. The second-order valence-electron chi connectivity index (χ2n) is 3.59. The molecule has 0 atom stereocenters. The molecule has 0 unspecified atom stereocenters. The minimum absolute atomic E-state index is 0.0152. The Hall–Kier alpha value is -0.830. The number of rotatable bonds is 2. The lowest BCUT2D eigenvalue weighted by Gasteiger charge is -2.09. The highest BCUT2D eigenvalue weighted by Gasteiger charge is 2.30. The molecule has 88 valence electrons. The van der Waals surface area contributed by atoms with Gasteiger partial charge in [-0.2, -0.15) is 0 Å². The zero-order chi connectivity index (χ0) is 12.5. The van der Waals surface area contributed by atoms with Gasteiger partial charge < -0.3 is 0 Å². The highest BCUT2D eigenvalue weighted by molar-refractivity contribution is 6.76. The van der Waals surface area contributed by atoms with E-state index in [2.05, 4.69) is 4.98 Å². The average Bonchev–Trinajstić information content (AvgIpc) is 2.27. The number of carbonyl (C=O) groups excluding carboxylic acids is 1. The number of halogens is 3. The summed E-state index contributed by atoms with van der Waals surface area (Å²) in [6, 6.07) is 11.3. The van der Waals surface area contributed by atoms with Crippen molar-refractivity contribution in [3.8, 4) is 0 Å². The number of nitrogens with zero attached hydrogens (tertiary/aromatic N) is 1. The van der Waals surface area contributed by atoms with Gasteiger partial charge in [0.15, 0.2) is 5.78 Å². The molecule has 1 heterocycles. The Morgan fingerprint density at radius 2 is 1.82 bits per heavy atom. The van der Waals surface area contributed by atoms with Crippen molar-refractivity contribution in [2.24, 2.45) is 0 Å². The predicted molar refractivity (Wildman–Crippen MR) is 70.7 cm³/mol. The van der Waals surface area contributed by atoms with Crippen LogP contribution in [0.5, 0.6) is 0 Å². The topological polar surface area (TPSA) is 30.0 Å². The number of fused-ring (bicyclic) bond motifs is 1. The zero-order valence-corrected chi connectivity index (χ0v) is 10.9. The standard InChI is InChI=1S/C12H8Cl3NO/c13-12(14,15)11(17)7-9-6-5-8-3-1-2-4-10(8)16-9/h1-6H,7H2. The summed E-state index contributed by atoms with van der Waals surface area (Å²) < 4.78 is -1.88. The van der Waals surface area contributed by atoms with Crippen LogP contribution in [-0.2, 0) is 11.2 Å². The molecule has 2 rings (SSSR count). The zero-order valence-electron chi connectivity index (χ0n) is 8.66. The molecular weight excluding hydrogens is 280 g/mol. The number of aromatic nitrogens is 1. The molecule has 0 amide bonds. The lowest BCUT2D eigenvalue weighted by atomic mass is 10.1. The van der Waals surface area contributed by atoms with E-state index in [0.29, 0.717) is 5.69 Å². The number of hydrogen-bond donors (Lipinski definition) is 0. The molecule has 2 nitrogen and oxygen atoms in total. The lowest BCUT2D eigenvalue weighted by Crippen LogP contribution is -2.21. The third-order valence-corrected chi connectivity index (χ3v) is 2.95. The Morgan fingerprint density at radius 1 is 1.12 bits per heavy atom. The van der Waals surface area contributed by atoms with E-state index in [-0.39, 0.29) is 6.42 Å². The number of carbonyl (C=O) groups is 1. The van der Waals surface area contributed by atoms with Crippen LogP contribution in [0.25, 0.3) is 10.9 Å². The van der Waals surface area contributed by atoms with Crippen LogP contribution in [0.1, 0.15) is 5.69 Å². The normalized spacial score (nSPS) is 11.7. The van der Waals surface area contributed by atoms with Gasteiger partial charge in [-0.3, -0.25) is 9.78 Å². The molecule has 2 aromatic rings. The maximum Gasteiger partial charge on any atom is 0.249 e. The molecule has 0 fully saturated rings. The van der Waals surface area contributed by atoms with Crippen LogP contribution < -0.4 is 0 Å². The van der Waals surface area contributed by atoms with Gasteiger partial charge in [-0.05, 0) is 12.1 Å². The molecule has 0 saturated heterocycles. The smallest absolute Gasteiger partial charge is 0.249 e. The summed E-state index contributed by atoms with van der Waals surface area (Å²) in [5.74, 6) is -0.481. The molecule has 0 N–H and O–H groups in total. The van der Waals surface area contributed by atoms with Crippen molar-refractivity contribution in [3.05, 3.63) is 42.1 Å². The summed E-state index contributed by atoms with van der Waals surface area (Å²) in [6.07, 6.45) is 0.0152. The van der Waals surface area contributed by atoms with Crippen LogP contribution in [0.3, 0.4) is 0 Å². The number of Topliss-reactive ketones (excluding diaryl/α,β-unsaturated/α-hetero) is 1. The summed E-state index contributed by atoms with van der Waals surface area (Å²) in [5, 5.41) is 1.01. The highest BCUT2D eigenvalue weighted by Crippen LogP contribution is 2.28.